The Bertz CT molecular complexity index is 658. The molecule has 0 fully saturated rings. The molecule has 0 aliphatic carbocycles. The highest BCUT2D eigenvalue weighted by Crippen LogP contribution is 2.26. The average Bonchev–Trinajstić information content (AvgIpc) is 2.81. The van der Waals surface area contributed by atoms with Gasteiger partial charge < -0.3 is 5.32 Å². The number of nitro benzene ring substituents is 1. The van der Waals surface area contributed by atoms with Crippen LogP contribution in [0.2, 0.25) is 0 Å². The Balaban J connectivity index is 2.25. The molecule has 0 spiro atoms. The topological polar surface area (TPSA) is 79.0 Å². The van der Waals surface area contributed by atoms with Crippen LogP contribution in [-0.4, -0.2) is 4.92 Å². The monoisotopic (exact) mass is 273 g/mol. The van der Waals surface area contributed by atoms with E-state index in [-0.39, 0.29) is 5.69 Å². The number of anilines is 1. The van der Waals surface area contributed by atoms with Gasteiger partial charge in [0, 0.05) is 12.6 Å². The summed E-state index contributed by atoms with van der Waals surface area (Å²) in [5.74, 6) is 0. The quantitative estimate of drug-likeness (QED) is 0.683. The number of benzene rings is 1. The van der Waals surface area contributed by atoms with Crippen LogP contribution in [0, 0.1) is 28.4 Å². The van der Waals surface area contributed by atoms with E-state index in [0.29, 0.717) is 17.8 Å². The molecule has 6 heteroatoms. The lowest BCUT2D eigenvalue weighted by atomic mass is 10.1. The number of nitro groups is 1. The number of nitrogens with one attached hydrogen (secondary N) is 1. The highest BCUT2D eigenvalue weighted by molar-refractivity contribution is 7.08. The van der Waals surface area contributed by atoms with Crippen LogP contribution in [0.25, 0.3) is 0 Å². The van der Waals surface area contributed by atoms with Crippen molar-refractivity contribution in [3.63, 3.8) is 0 Å². The van der Waals surface area contributed by atoms with Crippen molar-refractivity contribution < 1.29 is 4.92 Å². The van der Waals surface area contributed by atoms with Crippen LogP contribution in [0.3, 0.4) is 0 Å². The smallest absolute Gasteiger partial charge is 0.292 e. The number of rotatable bonds is 4. The Hall–Kier alpha value is -2.39. The molecule has 5 nitrogen and oxygen atoms in total. The van der Waals surface area contributed by atoms with Crippen molar-refractivity contribution in [2.45, 2.75) is 13.5 Å². The van der Waals surface area contributed by atoms with Crippen LogP contribution < -0.4 is 5.32 Å². The summed E-state index contributed by atoms with van der Waals surface area (Å²) < 4.78 is 0. The van der Waals surface area contributed by atoms with E-state index in [1.807, 2.05) is 23.8 Å². The van der Waals surface area contributed by atoms with Crippen molar-refractivity contribution in [2.75, 3.05) is 5.32 Å². The Labute approximate surface area is 114 Å². The minimum absolute atomic E-state index is 0.0214. The largest absolute Gasteiger partial charge is 0.375 e. The molecule has 0 aliphatic heterocycles. The predicted molar refractivity (Wildman–Crippen MR) is 74.2 cm³/mol. The lowest BCUT2D eigenvalue weighted by molar-refractivity contribution is -0.384. The van der Waals surface area contributed by atoms with Crippen molar-refractivity contribution in [2.24, 2.45) is 0 Å². The minimum Gasteiger partial charge on any atom is -0.375 e. The molecule has 19 heavy (non-hydrogen) atoms. The van der Waals surface area contributed by atoms with Gasteiger partial charge >= 0.3 is 0 Å². The maximum absolute atomic E-state index is 10.9. The van der Waals surface area contributed by atoms with Crippen LogP contribution in [0.5, 0.6) is 0 Å². The molecule has 1 aromatic carbocycles. The number of thiophene rings is 1. The molecule has 2 rings (SSSR count). The fourth-order valence-corrected chi connectivity index (χ4v) is 2.52. The third-order valence-corrected chi connectivity index (χ3v) is 3.66. The first-order valence-electron chi connectivity index (χ1n) is 5.56. The fourth-order valence-electron chi connectivity index (χ4n) is 1.66. The fraction of sp³-hybridized carbons (Fsp3) is 0.154. The maximum Gasteiger partial charge on any atom is 0.292 e. The molecule has 0 saturated heterocycles. The molecule has 0 unspecified atom stereocenters. The van der Waals surface area contributed by atoms with E-state index >= 15 is 0 Å². The molecule has 0 aliphatic rings. The second-order valence-corrected chi connectivity index (χ2v) is 4.78. The normalized spacial score (nSPS) is 9.89. The van der Waals surface area contributed by atoms with E-state index in [1.165, 1.54) is 18.2 Å². The highest BCUT2D eigenvalue weighted by Gasteiger charge is 2.14. The van der Waals surface area contributed by atoms with E-state index in [2.05, 4.69) is 5.32 Å². The lowest BCUT2D eigenvalue weighted by Crippen LogP contribution is -2.03. The molecule has 96 valence electrons. The Morgan fingerprint density at radius 3 is 2.84 bits per heavy atom. The van der Waals surface area contributed by atoms with E-state index < -0.39 is 4.92 Å². The van der Waals surface area contributed by atoms with Gasteiger partial charge in [-0.1, -0.05) is 0 Å². The van der Waals surface area contributed by atoms with Gasteiger partial charge in [0.25, 0.3) is 5.69 Å². The molecule has 1 N–H and O–H groups in total. The molecule has 0 radical (unpaired) electrons. The summed E-state index contributed by atoms with van der Waals surface area (Å²) in [6, 6.07) is 6.27. The second-order valence-electron chi connectivity index (χ2n) is 4.03. The third kappa shape index (κ3) is 2.89. The Morgan fingerprint density at radius 1 is 1.47 bits per heavy atom. The second kappa shape index (κ2) is 5.50. The van der Waals surface area contributed by atoms with Gasteiger partial charge in [-0.2, -0.15) is 16.6 Å². The summed E-state index contributed by atoms with van der Waals surface area (Å²) in [6.45, 7) is 2.50. The van der Waals surface area contributed by atoms with Crippen LogP contribution in [0.15, 0.2) is 29.0 Å². The van der Waals surface area contributed by atoms with Gasteiger partial charge in [0.2, 0.25) is 0 Å². The number of hydrogen-bond acceptors (Lipinski definition) is 5. The number of nitrogens with zero attached hydrogens (tertiary/aromatic N) is 2. The zero-order valence-electron chi connectivity index (χ0n) is 10.2. The molecule has 0 saturated carbocycles. The van der Waals surface area contributed by atoms with Crippen molar-refractivity contribution in [1.82, 2.24) is 0 Å². The third-order valence-electron chi connectivity index (χ3n) is 2.75. The highest BCUT2D eigenvalue weighted by atomic mass is 32.1. The van der Waals surface area contributed by atoms with Crippen molar-refractivity contribution >= 4 is 22.7 Å². The summed E-state index contributed by atoms with van der Waals surface area (Å²) in [7, 11) is 0. The number of nitriles is 1. The average molecular weight is 273 g/mol. The first-order valence-corrected chi connectivity index (χ1v) is 6.50. The molecule has 0 atom stereocenters. The lowest BCUT2D eigenvalue weighted by Gasteiger charge is -2.07. The van der Waals surface area contributed by atoms with Gasteiger partial charge in [-0.25, -0.2) is 0 Å². The first kappa shape index (κ1) is 13.1. The van der Waals surface area contributed by atoms with Crippen molar-refractivity contribution in [3.05, 3.63) is 55.8 Å². The molecular formula is C13H11N3O2S. The SMILES string of the molecule is Cc1cscc1CNc1cc(C#N)ccc1[N+](=O)[O-]. The van der Waals surface area contributed by atoms with E-state index in [9.17, 15) is 10.1 Å². The van der Waals surface area contributed by atoms with Crippen LogP contribution >= 0.6 is 11.3 Å². The standard InChI is InChI=1S/C13H11N3O2S/c1-9-7-19-8-11(9)6-15-12-4-10(5-14)2-3-13(12)16(17)18/h2-4,7-8,15H,6H2,1H3. The summed E-state index contributed by atoms with van der Waals surface area (Å²) in [5.41, 5.74) is 3.00. The molecule has 1 heterocycles. The molecule has 1 aromatic heterocycles. The van der Waals surface area contributed by atoms with E-state index in [0.717, 1.165) is 11.1 Å². The Morgan fingerprint density at radius 2 is 2.26 bits per heavy atom. The number of hydrogen-bond donors (Lipinski definition) is 1. The predicted octanol–water partition coefficient (Wildman–Crippen LogP) is 3.45. The van der Waals surface area contributed by atoms with Gasteiger partial charge in [0.15, 0.2) is 0 Å². The van der Waals surface area contributed by atoms with Crippen LogP contribution in [0.1, 0.15) is 16.7 Å². The molecule has 2 aromatic rings. The van der Waals surface area contributed by atoms with Crippen molar-refractivity contribution in [1.29, 1.82) is 5.26 Å². The van der Waals surface area contributed by atoms with Gasteiger partial charge in [-0.3, -0.25) is 10.1 Å². The van der Waals surface area contributed by atoms with E-state index in [1.54, 1.807) is 11.3 Å². The van der Waals surface area contributed by atoms with Crippen molar-refractivity contribution in [3.8, 4) is 6.07 Å². The minimum atomic E-state index is -0.454. The van der Waals surface area contributed by atoms with Crippen LogP contribution in [-0.2, 0) is 6.54 Å². The summed E-state index contributed by atoms with van der Waals surface area (Å²) in [5, 5.41) is 26.8. The van der Waals surface area contributed by atoms with Gasteiger partial charge in [-0.15, -0.1) is 0 Å². The van der Waals surface area contributed by atoms with Gasteiger partial charge in [0.1, 0.15) is 5.69 Å². The Kier molecular flexibility index (Phi) is 3.78. The molecular weight excluding hydrogens is 262 g/mol. The number of aryl methyl sites for hydroxylation is 1. The summed E-state index contributed by atoms with van der Waals surface area (Å²) in [6.07, 6.45) is 0. The molecule has 0 bridgehead atoms. The summed E-state index contributed by atoms with van der Waals surface area (Å²) in [4.78, 5) is 10.5. The van der Waals surface area contributed by atoms with E-state index in [4.69, 9.17) is 5.26 Å². The first-order chi connectivity index (χ1) is 9.11. The zero-order chi connectivity index (χ0) is 13.8. The maximum atomic E-state index is 10.9. The van der Waals surface area contributed by atoms with Gasteiger partial charge in [0.05, 0.1) is 16.6 Å². The summed E-state index contributed by atoms with van der Waals surface area (Å²) >= 11 is 1.59. The van der Waals surface area contributed by atoms with Gasteiger partial charge in [-0.05, 0) is 40.9 Å². The van der Waals surface area contributed by atoms with Crippen LogP contribution in [0.4, 0.5) is 11.4 Å². The zero-order valence-corrected chi connectivity index (χ0v) is 11.0. The molecule has 0 amide bonds.